The molecule has 0 aliphatic carbocycles. The average molecular weight is 259 g/mol. The Morgan fingerprint density at radius 1 is 1.37 bits per heavy atom. The van der Waals surface area contributed by atoms with Gasteiger partial charge in [-0.2, -0.15) is 0 Å². The zero-order valence-corrected chi connectivity index (χ0v) is 11.5. The molecule has 0 amide bonds. The quantitative estimate of drug-likeness (QED) is 0.611. The van der Waals surface area contributed by atoms with Crippen molar-refractivity contribution in [1.29, 1.82) is 0 Å². The van der Waals surface area contributed by atoms with E-state index in [2.05, 4.69) is 33.8 Å². The van der Waals surface area contributed by atoms with E-state index >= 15 is 0 Å². The highest BCUT2D eigenvalue weighted by molar-refractivity contribution is 5.27. The molecule has 0 saturated carbocycles. The summed E-state index contributed by atoms with van der Waals surface area (Å²) in [5.41, 5.74) is 5.32. The normalized spacial score (nSPS) is 12.6. The Bertz CT molecular complexity index is 520. The van der Waals surface area contributed by atoms with Gasteiger partial charge in [0.05, 0.1) is 6.04 Å². The van der Waals surface area contributed by atoms with Crippen molar-refractivity contribution >= 4 is 0 Å². The van der Waals surface area contributed by atoms with Crippen LogP contribution in [-0.2, 0) is 19.4 Å². The maximum Gasteiger partial charge on any atom is 0.110 e. The molecule has 2 heterocycles. The zero-order chi connectivity index (χ0) is 13.7. The van der Waals surface area contributed by atoms with Crippen LogP contribution in [0.3, 0.4) is 0 Å². The van der Waals surface area contributed by atoms with E-state index in [1.54, 1.807) is 0 Å². The number of hydrazine groups is 1. The largest absolute Gasteiger partial charge is 0.335 e. The Morgan fingerprint density at radius 2 is 2.21 bits per heavy atom. The highest BCUT2D eigenvalue weighted by atomic mass is 15.2. The van der Waals surface area contributed by atoms with Gasteiger partial charge >= 0.3 is 0 Å². The molecule has 0 fully saturated rings. The molecule has 0 saturated heterocycles. The summed E-state index contributed by atoms with van der Waals surface area (Å²) >= 11 is 0. The van der Waals surface area contributed by atoms with Crippen LogP contribution in [0.1, 0.15) is 36.8 Å². The van der Waals surface area contributed by atoms with Gasteiger partial charge in [0.2, 0.25) is 0 Å². The van der Waals surface area contributed by atoms with Crippen molar-refractivity contribution in [3.63, 3.8) is 0 Å². The van der Waals surface area contributed by atoms with Crippen molar-refractivity contribution < 1.29 is 0 Å². The van der Waals surface area contributed by atoms with Gasteiger partial charge in [-0.05, 0) is 30.5 Å². The lowest BCUT2D eigenvalue weighted by Gasteiger charge is -2.19. The lowest BCUT2D eigenvalue weighted by Crippen LogP contribution is -2.31. The van der Waals surface area contributed by atoms with Crippen LogP contribution in [0.2, 0.25) is 0 Å². The minimum absolute atomic E-state index is 0.0608. The molecule has 0 spiro atoms. The first-order chi connectivity index (χ1) is 9.30. The van der Waals surface area contributed by atoms with Gasteiger partial charge in [-0.25, -0.2) is 4.98 Å². The Hall–Kier alpha value is -1.72. The molecule has 3 N–H and O–H groups in total. The molecule has 5 nitrogen and oxygen atoms in total. The predicted octanol–water partition coefficient (Wildman–Crippen LogP) is 1.61. The van der Waals surface area contributed by atoms with Crippen molar-refractivity contribution in [3.05, 3.63) is 47.8 Å². The van der Waals surface area contributed by atoms with Gasteiger partial charge in [-0.15, -0.1) is 0 Å². The number of aryl methyl sites for hydroxylation is 2. The van der Waals surface area contributed by atoms with Gasteiger partial charge < -0.3 is 4.57 Å². The van der Waals surface area contributed by atoms with Crippen molar-refractivity contribution in [2.24, 2.45) is 5.84 Å². The first kappa shape index (κ1) is 13.7. The third kappa shape index (κ3) is 3.00. The summed E-state index contributed by atoms with van der Waals surface area (Å²) in [6.45, 7) is 5.16. The number of nitrogens with two attached hydrogens (primary N) is 1. The van der Waals surface area contributed by atoms with Crippen LogP contribution >= 0.6 is 0 Å². The molecule has 0 radical (unpaired) electrons. The van der Waals surface area contributed by atoms with Gasteiger partial charge in [-0.1, -0.05) is 6.92 Å². The van der Waals surface area contributed by atoms with Crippen LogP contribution in [0, 0.1) is 0 Å². The van der Waals surface area contributed by atoms with Crippen LogP contribution in [0.5, 0.6) is 0 Å². The molecular formula is C14H21N5. The second kappa shape index (κ2) is 6.45. The summed E-state index contributed by atoms with van der Waals surface area (Å²) in [7, 11) is 0. The van der Waals surface area contributed by atoms with Crippen LogP contribution in [0.15, 0.2) is 30.9 Å². The zero-order valence-electron chi connectivity index (χ0n) is 11.5. The third-order valence-corrected chi connectivity index (χ3v) is 3.43. The summed E-state index contributed by atoms with van der Waals surface area (Å²) in [6, 6.07) is 2.09. The van der Waals surface area contributed by atoms with E-state index in [4.69, 9.17) is 5.84 Å². The Labute approximate surface area is 113 Å². The third-order valence-electron chi connectivity index (χ3n) is 3.43. The molecule has 0 aromatic carbocycles. The predicted molar refractivity (Wildman–Crippen MR) is 75.3 cm³/mol. The summed E-state index contributed by atoms with van der Waals surface area (Å²) in [4.78, 5) is 8.58. The van der Waals surface area contributed by atoms with Gasteiger partial charge in [-0.3, -0.25) is 16.3 Å². The van der Waals surface area contributed by atoms with Crippen LogP contribution in [0.4, 0.5) is 0 Å². The molecule has 0 aliphatic rings. The minimum Gasteiger partial charge on any atom is -0.335 e. The van der Waals surface area contributed by atoms with E-state index in [9.17, 15) is 0 Å². The highest BCUT2D eigenvalue weighted by Gasteiger charge is 2.16. The Morgan fingerprint density at radius 3 is 2.89 bits per heavy atom. The fraction of sp³-hybridized carbons (Fsp3) is 0.429. The van der Waals surface area contributed by atoms with Crippen molar-refractivity contribution in [2.75, 3.05) is 0 Å². The maximum absolute atomic E-state index is 5.73. The van der Waals surface area contributed by atoms with Crippen LogP contribution in [-0.4, -0.2) is 14.5 Å². The van der Waals surface area contributed by atoms with Gasteiger partial charge in [0.1, 0.15) is 5.82 Å². The number of imidazole rings is 1. The molecule has 102 valence electrons. The molecule has 2 rings (SSSR count). The molecular weight excluding hydrogens is 238 g/mol. The van der Waals surface area contributed by atoms with Crippen LogP contribution < -0.4 is 11.3 Å². The number of aromatic nitrogens is 3. The molecule has 2 aromatic rings. The van der Waals surface area contributed by atoms with Crippen LogP contribution in [0.25, 0.3) is 0 Å². The molecule has 0 bridgehead atoms. The number of pyridine rings is 1. The van der Waals surface area contributed by atoms with E-state index in [1.807, 2.05) is 30.9 Å². The van der Waals surface area contributed by atoms with E-state index in [1.165, 1.54) is 11.1 Å². The van der Waals surface area contributed by atoms with E-state index in [0.717, 1.165) is 25.2 Å². The smallest absolute Gasteiger partial charge is 0.110 e. The summed E-state index contributed by atoms with van der Waals surface area (Å²) in [5.74, 6) is 6.77. The number of hydrogen-bond donors (Lipinski definition) is 2. The monoisotopic (exact) mass is 259 g/mol. The highest BCUT2D eigenvalue weighted by Crippen LogP contribution is 2.20. The fourth-order valence-electron chi connectivity index (χ4n) is 2.33. The second-order valence-electron chi connectivity index (χ2n) is 4.48. The van der Waals surface area contributed by atoms with Gasteiger partial charge in [0.15, 0.2) is 0 Å². The molecule has 1 atom stereocenters. The lowest BCUT2D eigenvalue weighted by molar-refractivity contribution is 0.519. The van der Waals surface area contributed by atoms with Crippen molar-refractivity contribution in [2.45, 2.75) is 39.3 Å². The lowest BCUT2D eigenvalue weighted by atomic mass is 9.98. The number of nitrogens with zero attached hydrogens (tertiary/aromatic N) is 3. The van der Waals surface area contributed by atoms with E-state index < -0.39 is 0 Å². The molecule has 5 heteroatoms. The summed E-state index contributed by atoms with van der Waals surface area (Å²) in [5, 5.41) is 0. The molecule has 19 heavy (non-hydrogen) atoms. The topological polar surface area (TPSA) is 68.8 Å². The van der Waals surface area contributed by atoms with Gasteiger partial charge in [0.25, 0.3) is 0 Å². The van der Waals surface area contributed by atoms with Crippen molar-refractivity contribution in [1.82, 2.24) is 20.0 Å². The standard InChI is InChI=1S/C14H21N5/c1-3-11-10-16-6-5-12(11)13(18-15)9-14-17-7-8-19(14)4-2/h5-8,10,13,18H,3-4,9,15H2,1-2H3. The number of nitrogens with one attached hydrogen (secondary N) is 1. The fourth-order valence-corrected chi connectivity index (χ4v) is 2.33. The Balaban J connectivity index is 2.25. The van der Waals surface area contributed by atoms with Crippen molar-refractivity contribution in [3.8, 4) is 0 Å². The molecule has 2 aromatic heterocycles. The average Bonchev–Trinajstić information content (AvgIpc) is 2.92. The first-order valence-electron chi connectivity index (χ1n) is 6.69. The number of rotatable bonds is 6. The maximum atomic E-state index is 5.73. The number of hydrogen-bond acceptors (Lipinski definition) is 4. The second-order valence-corrected chi connectivity index (χ2v) is 4.48. The molecule has 1 unspecified atom stereocenters. The summed E-state index contributed by atoms with van der Waals surface area (Å²) in [6.07, 6.45) is 9.27. The minimum atomic E-state index is 0.0608. The summed E-state index contributed by atoms with van der Waals surface area (Å²) < 4.78 is 2.14. The van der Waals surface area contributed by atoms with E-state index in [0.29, 0.717) is 0 Å². The SMILES string of the molecule is CCc1cnccc1C(Cc1nccn1CC)NN. The van der Waals surface area contributed by atoms with E-state index in [-0.39, 0.29) is 6.04 Å². The van der Waals surface area contributed by atoms with Gasteiger partial charge in [0, 0.05) is 37.8 Å². The first-order valence-corrected chi connectivity index (χ1v) is 6.69. The molecule has 0 aliphatic heterocycles. The Kier molecular flexibility index (Phi) is 4.65.